The minimum Gasteiger partial charge on any atom is -0.494 e. The molecule has 1 rings (SSSR count). The van der Waals surface area contributed by atoms with Gasteiger partial charge in [-0.1, -0.05) is 12.1 Å². The van der Waals surface area contributed by atoms with Gasteiger partial charge in [0.1, 0.15) is 5.75 Å². The number of aryl methyl sites for hydroxylation is 1. The van der Waals surface area contributed by atoms with Gasteiger partial charge in [0.25, 0.3) is 0 Å². The number of nitrogens with zero attached hydrogens (tertiary/aromatic N) is 1. The summed E-state index contributed by atoms with van der Waals surface area (Å²) < 4.78 is 5.71. The summed E-state index contributed by atoms with van der Waals surface area (Å²) in [4.78, 5) is 16.5. The molecule has 3 N–H and O–H groups in total. The quantitative estimate of drug-likeness (QED) is 0.497. The molecular weight excluding hydrogens is 316 g/mol. The summed E-state index contributed by atoms with van der Waals surface area (Å²) in [6, 6.07) is 6.13. The molecule has 6 heteroatoms. The smallest absolute Gasteiger partial charge is 0.227 e. The van der Waals surface area contributed by atoms with Gasteiger partial charge in [0, 0.05) is 25.7 Å². The second-order valence-electron chi connectivity index (χ2n) is 6.56. The van der Waals surface area contributed by atoms with Crippen LogP contribution in [0, 0.1) is 12.3 Å². The van der Waals surface area contributed by atoms with Crippen LogP contribution in [0.2, 0.25) is 0 Å². The van der Waals surface area contributed by atoms with Gasteiger partial charge in [0.15, 0.2) is 5.96 Å². The maximum absolute atomic E-state index is 11.9. The molecule has 0 radical (unpaired) electrons. The number of carbonyl (C=O) groups is 1. The van der Waals surface area contributed by atoms with Crippen molar-refractivity contribution < 1.29 is 9.53 Å². The molecule has 0 fully saturated rings. The topological polar surface area (TPSA) is 74.8 Å². The van der Waals surface area contributed by atoms with E-state index in [9.17, 15) is 4.79 Å². The van der Waals surface area contributed by atoms with Gasteiger partial charge < -0.3 is 20.7 Å². The zero-order valence-corrected chi connectivity index (χ0v) is 16.3. The van der Waals surface area contributed by atoms with Crippen LogP contribution in [0.25, 0.3) is 0 Å². The molecule has 0 atom stereocenters. The number of hydrogen-bond acceptors (Lipinski definition) is 3. The second kappa shape index (κ2) is 9.91. The van der Waals surface area contributed by atoms with E-state index in [1.165, 1.54) is 0 Å². The van der Waals surface area contributed by atoms with Gasteiger partial charge >= 0.3 is 0 Å². The molecule has 0 unspecified atom stereocenters. The second-order valence-corrected chi connectivity index (χ2v) is 6.56. The van der Waals surface area contributed by atoms with E-state index in [2.05, 4.69) is 27.0 Å². The van der Waals surface area contributed by atoms with Crippen molar-refractivity contribution in [2.24, 2.45) is 10.4 Å². The summed E-state index contributed by atoms with van der Waals surface area (Å²) in [5.41, 5.74) is 1.68. The zero-order chi connectivity index (χ0) is 18.9. The number of benzene rings is 1. The summed E-state index contributed by atoms with van der Waals surface area (Å²) in [5.74, 6) is 1.54. The van der Waals surface area contributed by atoms with Crippen molar-refractivity contribution in [1.29, 1.82) is 0 Å². The third-order valence-electron chi connectivity index (χ3n) is 3.81. The molecule has 0 saturated carbocycles. The van der Waals surface area contributed by atoms with E-state index in [1.807, 2.05) is 46.8 Å². The van der Waals surface area contributed by atoms with E-state index in [1.54, 1.807) is 7.05 Å². The normalized spacial score (nSPS) is 11.8. The van der Waals surface area contributed by atoms with Crippen LogP contribution in [-0.4, -0.2) is 38.6 Å². The van der Waals surface area contributed by atoms with Crippen molar-refractivity contribution in [3.05, 3.63) is 29.3 Å². The number of rotatable bonds is 8. The number of amides is 1. The Morgan fingerprint density at radius 3 is 2.56 bits per heavy atom. The van der Waals surface area contributed by atoms with Crippen LogP contribution >= 0.6 is 0 Å². The Kier molecular flexibility index (Phi) is 8.25. The molecule has 1 aromatic carbocycles. The molecule has 25 heavy (non-hydrogen) atoms. The maximum Gasteiger partial charge on any atom is 0.227 e. The average Bonchev–Trinajstić information content (AvgIpc) is 2.58. The lowest BCUT2D eigenvalue weighted by Gasteiger charge is -2.24. The van der Waals surface area contributed by atoms with E-state index < -0.39 is 5.41 Å². The number of hydrogen-bond donors (Lipinski definition) is 3. The molecule has 0 aliphatic carbocycles. The zero-order valence-electron chi connectivity index (χ0n) is 16.3. The number of nitrogens with one attached hydrogen (secondary N) is 3. The van der Waals surface area contributed by atoms with Crippen LogP contribution in [0.15, 0.2) is 23.2 Å². The molecular formula is C19H32N4O2. The summed E-state index contributed by atoms with van der Waals surface area (Å²) in [6.45, 7) is 12.2. The number of ether oxygens (including phenoxy) is 1. The first-order valence-electron chi connectivity index (χ1n) is 8.80. The minimum atomic E-state index is -0.523. The molecule has 1 aromatic rings. The fourth-order valence-electron chi connectivity index (χ4n) is 2.31. The molecule has 0 heterocycles. The van der Waals surface area contributed by atoms with Gasteiger partial charge in [0.05, 0.1) is 18.6 Å². The lowest BCUT2D eigenvalue weighted by molar-refractivity contribution is -0.128. The third-order valence-corrected chi connectivity index (χ3v) is 3.81. The first kappa shape index (κ1) is 20.8. The predicted molar refractivity (Wildman–Crippen MR) is 103 cm³/mol. The lowest BCUT2D eigenvalue weighted by atomic mass is 9.92. The highest BCUT2D eigenvalue weighted by molar-refractivity contribution is 5.84. The lowest BCUT2D eigenvalue weighted by Crippen LogP contribution is -2.47. The minimum absolute atomic E-state index is 0.00647. The van der Waals surface area contributed by atoms with Crippen molar-refractivity contribution in [3.63, 3.8) is 0 Å². The summed E-state index contributed by atoms with van der Waals surface area (Å²) in [5, 5.41) is 9.15. The first-order valence-corrected chi connectivity index (χ1v) is 8.80. The molecule has 140 valence electrons. The van der Waals surface area contributed by atoms with Gasteiger partial charge in [-0.05, 0) is 46.2 Å². The molecule has 0 aromatic heterocycles. The SMILES string of the molecule is CCNC(=NCc1ccc(C)cc1OCC)NCC(C)(C)C(=O)NC. The molecule has 0 saturated heterocycles. The molecule has 1 amide bonds. The van der Waals surface area contributed by atoms with E-state index in [0.29, 0.717) is 25.7 Å². The standard InChI is InChI=1S/C19H32N4O2/c1-7-21-18(23-13-19(4,5)17(24)20-6)22-12-15-10-9-14(3)11-16(15)25-8-2/h9-11H,7-8,12-13H2,1-6H3,(H,20,24)(H2,21,22,23). The Balaban J connectivity index is 2.84. The van der Waals surface area contributed by atoms with Crippen LogP contribution in [0.4, 0.5) is 0 Å². The van der Waals surface area contributed by atoms with Gasteiger partial charge in [-0.3, -0.25) is 4.79 Å². The average molecular weight is 348 g/mol. The Labute approximate surface area is 151 Å². The van der Waals surface area contributed by atoms with E-state index in [0.717, 1.165) is 23.4 Å². The van der Waals surface area contributed by atoms with Gasteiger partial charge in [0.2, 0.25) is 5.91 Å². The van der Waals surface area contributed by atoms with E-state index in [4.69, 9.17) is 4.74 Å². The molecule has 6 nitrogen and oxygen atoms in total. The van der Waals surface area contributed by atoms with Crippen molar-refractivity contribution in [2.45, 2.75) is 41.2 Å². The maximum atomic E-state index is 11.9. The van der Waals surface area contributed by atoms with Crippen molar-refractivity contribution in [1.82, 2.24) is 16.0 Å². The summed E-state index contributed by atoms with van der Waals surface area (Å²) in [6.07, 6.45) is 0. The Morgan fingerprint density at radius 2 is 1.96 bits per heavy atom. The van der Waals surface area contributed by atoms with Crippen LogP contribution in [0.3, 0.4) is 0 Å². The molecule has 0 aliphatic heterocycles. The van der Waals surface area contributed by atoms with Gasteiger partial charge in [-0.2, -0.15) is 0 Å². The van der Waals surface area contributed by atoms with Gasteiger partial charge in [-0.15, -0.1) is 0 Å². The molecule has 0 bridgehead atoms. The van der Waals surface area contributed by atoms with Crippen molar-refractivity contribution in [3.8, 4) is 5.75 Å². The molecule has 0 spiro atoms. The highest BCUT2D eigenvalue weighted by Gasteiger charge is 2.26. The van der Waals surface area contributed by atoms with Crippen LogP contribution in [0.5, 0.6) is 5.75 Å². The molecule has 0 aliphatic rings. The Hall–Kier alpha value is -2.24. The summed E-state index contributed by atoms with van der Waals surface area (Å²) in [7, 11) is 1.65. The fourth-order valence-corrected chi connectivity index (χ4v) is 2.31. The number of guanidine groups is 1. The fraction of sp³-hybridized carbons (Fsp3) is 0.579. The van der Waals surface area contributed by atoms with Crippen LogP contribution in [-0.2, 0) is 11.3 Å². The number of carbonyl (C=O) groups excluding carboxylic acids is 1. The van der Waals surface area contributed by atoms with Crippen molar-refractivity contribution in [2.75, 3.05) is 26.7 Å². The van der Waals surface area contributed by atoms with E-state index in [-0.39, 0.29) is 5.91 Å². The predicted octanol–water partition coefficient (Wildman–Crippen LogP) is 2.22. The van der Waals surface area contributed by atoms with Gasteiger partial charge in [-0.25, -0.2) is 4.99 Å². The van der Waals surface area contributed by atoms with Crippen LogP contribution in [0.1, 0.15) is 38.8 Å². The largest absolute Gasteiger partial charge is 0.494 e. The summed E-state index contributed by atoms with van der Waals surface area (Å²) >= 11 is 0. The Morgan fingerprint density at radius 1 is 1.24 bits per heavy atom. The van der Waals surface area contributed by atoms with Crippen molar-refractivity contribution >= 4 is 11.9 Å². The monoisotopic (exact) mass is 348 g/mol. The Bertz CT molecular complexity index is 597. The van der Waals surface area contributed by atoms with Crippen LogP contribution < -0.4 is 20.7 Å². The number of aliphatic imine (C=N–C) groups is 1. The highest BCUT2D eigenvalue weighted by atomic mass is 16.5. The first-order chi connectivity index (χ1) is 11.8. The highest BCUT2D eigenvalue weighted by Crippen LogP contribution is 2.21. The third kappa shape index (κ3) is 6.64. The van der Waals surface area contributed by atoms with E-state index >= 15 is 0 Å².